The van der Waals surface area contributed by atoms with Crippen LogP contribution >= 0.6 is 15.9 Å². The highest BCUT2D eigenvalue weighted by atomic mass is 79.9. The first-order valence-electron chi connectivity index (χ1n) is 6.09. The van der Waals surface area contributed by atoms with Crippen LogP contribution in [-0.2, 0) is 6.42 Å². The first kappa shape index (κ1) is 14.4. The van der Waals surface area contributed by atoms with Gasteiger partial charge in [-0.1, -0.05) is 34.1 Å². The van der Waals surface area contributed by atoms with Crippen molar-refractivity contribution in [3.63, 3.8) is 0 Å². The molecular formula is C15H14BrNO3. The number of halogens is 1. The van der Waals surface area contributed by atoms with E-state index in [1.165, 1.54) is 18.2 Å². The van der Waals surface area contributed by atoms with Crippen LogP contribution < -0.4 is 5.32 Å². The summed E-state index contributed by atoms with van der Waals surface area (Å²) in [5, 5.41) is 22.8. The van der Waals surface area contributed by atoms with Gasteiger partial charge in [0.1, 0.15) is 17.1 Å². The Kier molecular flexibility index (Phi) is 4.63. The number of alkyl halides is 1. The maximum atomic E-state index is 12.0. The topological polar surface area (TPSA) is 69.6 Å². The highest BCUT2D eigenvalue weighted by Gasteiger charge is 2.15. The van der Waals surface area contributed by atoms with Gasteiger partial charge in [-0.3, -0.25) is 4.79 Å². The number of rotatable bonds is 4. The van der Waals surface area contributed by atoms with Gasteiger partial charge in [0.05, 0.1) is 0 Å². The number of hydrogen-bond donors (Lipinski definition) is 3. The van der Waals surface area contributed by atoms with Crippen molar-refractivity contribution in [2.45, 2.75) is 6.42 Å². The Morgan fingerprint density at radius 1 is 1.05 bits per heavy atom. The van der Waals surface area contributed by atoms with Crippen LogP contribution in [0.4, 0.5) is 5.69 Å². The Hall–Kier alpha value is -2.01. The average molecular weight is 336 g/mol. The van der Waals surface area contributed by atoms with Crippen LogP contribution in [0.25, 0.3) is 0 Å². The highest BCUT2D eigenvalue weighted by molar-refractivity contribution is 9.09. The zero-order chi connectivity index (χ0) is 14.5. The molecule has 0 aliphatic carbocycles. The SMILES string of the molecule is O=C(Nc1ccc(CCBr)cc1)c1c(O)cccc1O. The summed E-state index contributed by atoms with van der Waals surface area (Å²) in [6.07, 6.45) is 0.911. The molecule has 0 radical (unpaired) electrons. The number of phenolic OH excluding ortho intramolecular Hbond substituents is 2. The molecule has 0 spiro atoms. The lowest BCUT2D eigenvalue weighted by Gasteiger charge is -2.09. The van der Waals surface area contributed by atoms with Gasteiger partial charge in [0.2, 0.25) is 0 Å². The van der Waals surface area contributed by atoms with E-state index in [-0.39, 0.29) is 17.1 Å². The second-order valence-corrected chi connectivity index (χ2v) is 5.05. The van der Waals surface area contributed by atoms with E-state index >= 15 is 0 Å². The van der Waals surface area contributed by atoms with Crippen molar-refractivity contribution in [2.24, 2.45) is 0 Å². The molecule has 0 aliphatic rings. The van der Waals surface area contributed by atoms with Gasteiger partial charge < -0.3 is 15.5 Å². The van der Waals surface area contributed by atoms with Gasteiger partial charge >= 0.3 is 0 Å². The molecule has 0 unspecified atom stereocenters. The Bertz CT molecular complexity index is 591. The molecule has 5 heteroatoms. The summed E-state index contributed by atoms with van der Waals surface area (Å²) in [7, 11) is 0. The van der Waals surface area contributed by atoms with Crippen molar-refractivity contribution in [1.29, 1.82) is 0 Å². The van der Waals surface area contributed by atoms with Gasteiger partial charge in [0, 0.05) is 11.0 Å². The maximum Gasteiger partial charge on any atom is 0.263 e. The summed E-state index contributed by atoms with van der Waals surface area (Å²) in [4.78, 5) is 12.0. The molecule has 0 atom stereocenters. The summed E-state index contributed by atoms with van der Waals surface area (Å²) < 4.78 is 0. The first-order chi connectivity index (χ1) is 9.61. The molecule has 104 valence electrons. The fraction of sp³-hybridized carbons (Fsp3) is 0.133. The minimum Gasteiger partial charge on any atom is -0.507 e. The monoisotopic (exact) mass is 335 g/mol. The van der Waals surface area contributed by atoms with Gasteiger partial charge in [-0.25, -0.2) is 0 Å². The average Bonchev–Trinajstić information content (AvgIpc) is 2.41. The third-order valence-corrected chi connectivity index (χ3v) is 3.24. The number of phenols is 2. The third-order valence-electron chi connectivity index (χ3n) is 2.84. The molecule has 0 saturated carbocycles. The van der Waals surface area contributed by atoms with Crippen molar-refractivity contribution in [3.05, 3.63) is 53.6 Å². The standard InChI is InChI=1S/C15H14BrNO3/c16-9-8-10-4-6-11(7-5-10)17-15(20)14-12(18)2-1-3-13(14)19/h1-7,18-19H,8-9H2,(H,17,20). The number of benzene rings is 2. The molecule has 4 nitrogen and oxygen atoms in total. The molecule has 2 rings (SSSR count). The van der Waals surface area contributed by atoms with Crippen LogP contribution in [0.5, 0.6) is 11.5 Å². The van der Waals surface area contributed by atoms with E-state index in [4.69, 9.17) is 0 Å². The van der Waals surface area contributed by atoms with E-state index in [9.17, 15) is 15.0 Å². The number of aromatic hydroxyl groups is 2. The predicted molar refractivity (Wildman–Crippen MR) is 81.7 cm³/mol. The summed E-state index contributed by atoms with van der Waals surface area (Å²) in [6.45, 7) is 0. The number of amides is 1. The Labute approximate surface area is 125 Å². The van der Waals surface area contributed by atoms with Gasteiger partial charge in [0.15, 0.2) is 0 Å². The van der Waals surface area contributed by atoms with E-state index in [1.807, 2.05) is 12.1 Å². The lowest BCUT2D eigenvalue weighted by atomic mass is 10.1. The summed E-state index contributed by atoms with van der Waals surface area (Å²) in [6, 6.07) is 11.6. The smallest absolute Gasteiger partial charge is 0.263 e. The Balaban J connectivity index is 2.15. The van der Waals surface area contributed by atoms with E-state index in [1.54, 1.807) is 12.1 Å². The number of carbonyl (C=O) groups is 1. The first-order valence-corrected chi connectivity index (χ1v) is 7.21. The predicted octanol–water partition coefficient (Wildman–Crippen LogP) is 3.29. The quantitative estimate of drug-likeness (QED) is 0.751. The second-order valence-electron chi connectivity index (χ2n) is 4.26. The maximum absolute atomic E-state index is 12.0. The van der Waals surface area contributed by atoms with Crippen LogP contribution in [0, 0.1) is 0 Å². The normalized spacial score (nSPS) is 10.2. The number of nitrogens with one attached hydrogen (secondary N) is 1. The van der Waals surface area contributed by atoms with Crippen molar-refractivity contribution >= 4 is 27.5 Å². The summed E-state index contributed by atoms with van der Waals surface area (Å²) in [5.41, 5.74) is 1.64. The molecule has 1 amide bonds. The molecule has 0 aromatic heterocycles. The minimum atomic E-state index is -0.547. The summed E-state index contributed by atoms with van der Waals surface area (Å²) in [5.74, 6) is -1.05. The van der Waals surface area contributed by atoms with E-state index < -0.39 is 5.91 Å². The Morgan fingerprint density at radius 3 is 2.20 bits per heavy atom. The van der Waals surface area contributed by atoms with E-state index in [2.05, 4.69) is 21.2 Å². The molecule has 2 aromatic carbocycles. The third kappa shape index (κ3) is 3.30. The van der Waals surface area contributed by atoms with Crippen LogP contribution in [-0.4, -0.2) is 21.5 Å². The van der Waals surface area contributed by atoms with Crippen LogP contribution in [0.15, 0.2) is 42.5 Å². The second kappa shape index (κ2) is 6.43. The fourth-order valence-corrected chi connectivity index (χ4v) is 2.28. The van der Waals surface area contributed by atoms with Crippen molar-refractivity contribution in [3.8, 4) is 11.5 Å². The molecule has 0 aliphatic heterocycles. The molecule has 0 heterocycles. The largest absolute Gasteiger partial charge is 0.507 e. The van der Waals surface area contributed by atoms with Crippen molar-refractivity contribution in [1.82, 2.24) is 0 Å². The molecule has 3 N–H and O–H groups in total. The van der Waals surface area contributed by atoms with Crippen LogP contribution in [0.1, 0.15) is 15.9 Å². The molecule has 0 bridgehead atoms. The lowest BCUT2D eigenvalue weighted by Crippen LogP contribution is -2.12. The van der Waals surface area contributed by atoms with Crippen LogP contribution in [0.3, 0.4) is 0 Å². The zero-order valence-corrected chi connectivity index (χ0v) is 12.2. The summed E-state index contributed by atoms with van der Waals surface area (Å²) >= 11 is 3.37. The van der Waals surface area contributed by atoms with E-state index in [0.29, 0.717) is 5.69 Å². The molecular weight excluding hydrogens is 322 g/mol. The van der Waals surface area contributed by atoms with Gasteiger partial charge in [-0.2, -0.15) is 0 Å². The number of aryl methyl sites for hydroxylation is 1. The van der Waals surface area contributed by atoms with Gasteiger partial charge in [0.25, 0.3) is 5.91 Å². The number of hydrogen-bond acceptors (Lipinski definition) is 3. The Morgan fingerprint density at radius 2 is 1.65 bits per heavy atom. The molecule has 2 aromatic rings. The zero-order valence-electron chi connectivity index (χ0n) is 10.6. The van der Waals surface area contributed by atoms with Crippen LogP contribution in [0.2, 0.25) is 0 Å². The highest BCUT2D eigenvalue weighted by Crippen LogP contribution is 2.27. The minimum absolute atomic E-state index is 0.128. The fourth-order valence-electron chi connectivity index (χ4n) is 1.82. The number of anilines is 1. The van der Waals surface area contributed by atoms with Crippen molar-refractivity contribution < 1.29 is 15.0 Å². The molecule has 0 saturated heterocycles. The van der Waals surface area contributed by atoms with Crippen molar-refractivity contribution in [2.75, 3.05) is 10.6 Å². The van der Waals surface area contributed by atoms with E-state index in [0.717, 1.165) is 17.3 Å². The lowest BCUT2D eigenvalue weighted by molar-refractivity contribution is 0.102. The van der Waals surface area contributed by atoms with Gasteiger partial charge in [-0.15, -0.1) is 0 Å². The number of carbonyl (C=O) groups excluding carboxylic acids is 1. The molecule has 0 fully saturated rings. The molecule has 20 heavy (non-hydrogen) atoms. The van der Waals surface area contributed by atoms with Gasteiger partial charge in [-0.05, 0) is 36.2 Å².